The van der Waals surface area contributed by atoms with Gasteiger partial charge in [-0.3, -0.25) is 14.4 Å². The molecule has 0 spiro atoms. The van der Waals surface area contributed by atoms with Gasteiger partial charge in [0.15, 0.2) is 6.10 Å². The van der Waals surface area contributed by atoms with Crippen LogP contribution in [0, 0.1) is 0 Å². The van der Waals surface area contributed by atoms with E-state index in [9.17, 15) is 14.4 Å². The van der Waals surface area contributed by atoms with Gasteiger partial charge < -0.3 is 14.2 Å². The Hall–Kier alpha value is -3.67. The molecule has 0 heterocycles. The molecule has 478 valence electrons. The maximum Gasteiger partial charge on any atom is 0.306 e. The zero-order valence-electron chi connectivity index (χ0n) is 54.9. The molecule has 1 atom stereocenters. The van der Waals surface area contributed by atoms with E-state index >= 15 is 0 Å². The number of hydrogen-bond donors (Lipinski definition) is 0. The number of carbonyl (C=O) groups is 3. The largest absolute Gasteiger partial charge is 0.462 e. The first kappa shape index (κ1) is 79.3. The average Bonchev–Trinajstić information content (AvgIpc) is 3.49. The highest BCUT2D eigenvalue weighted by Gasteiger charge is 2.19. The number of ether oxygens (including phenoxy) is 3. The van der Waals surface area contributed by atoms with Crippen molar-refractivity contribution in [1.82, 2.24) is 0 Å². The maximum absolute atomic E-state index is 13.0. The summed E-state index contributed by atoms with van der Waals surface area (Å²) in [5.74, 6) is -0.923. The van der Waals surface area contributed by atoms with Crippen molar-refractivity contribution in [1.29, 1.82) is 0 Å². The van der Waals surface area contributed by atoms with Crippen LogP contribution in [0.15, 0.2) is 97.2 Å². The lowest BCUT2D eigenvalue weighted by Crippen LogP contribution is -2.30. The van der Waals surface area contributed by atoms with Crippen molar-refractivity contribution in [2.75, 3.05) is 13.2 Å². The van der Waals surface area contributed by atoms with Crippen molar-refractivity contribution >= 4 is 17.9 Å². The summed E-state index contributed by atoms with van der Waals surface area (Å²) >= 11 is 0. The number of allylic oxidation sites excluding steroid dienone is 16. The van der Waals surface area contributed by atoms with Gasteiger partial charge in [-0.05, 0) is 122 Å². The van der Waals surface area contributed by atoms with E-state index in [1.54, 1.807) is 0 Å². The van der Waals surface area contributed by atoms with E-state index in [0.29, 0.717) is 19.3 Å². The lowest BCUT2D eigenvalue weighted by atomic mass is 10.0. The van der Waals surface area contributed by atoms with Gasteiger partial charge in [0, 0.05) is 19.3 Å². The van der Waals surface area contributed by atoms with Gasteiger partial charge in [-0.2, -0.15) is 0 Å². The molecular weight excluding hydrogens is 1020 g/mol. The lowest BCUT2D eigenvalue weighted by Gasteiger charge is -2.18. The third-order valence-electron chi connectivity index (χ3n) is 15.5. The van der Waals surface area contributed by atoms with Crippen LogP contribution < -0.4 is 0 Å². The Morgan fingerprint density at radius 1 is 0.253 bits per heavy atom. The minimum absolute atomic E-state index is 0.0914. The van der Waals surface area contributed by atoms with Crippen molar-refractivity contribution < 1.29 is 28.6 Å². The van der Waals surface area contributed by atoms with E-state index in [1.165, 1.54) is 218 Å². The Morgan fingerprint density at radius 2 is 0.470 bits per heavy atom. The maximum atomic E-state index is 13.0. The number of unbranched alkanes of at least 4 members (excludes halogenated alkanes) is 38. The minimum Gasteiger partial charge on any atom is -0.462 e. The monoisotopic (exact) mass is 1160 g/mol. The van der Waals surface area contributed by atoms with Gasteiger partial charge >= 0.3 is 17.9 Å². The molecule has 0 N–H and O–H groups in total. The summed E-state index contributed by atoms with van der Waals surface area (Å²) in [7, 11) is 0. The van der Waals surface area contributed by atoms with Crippen LogP contribution in [0.2, 0.25) is 0 Å². The van der Waals surface area contributed by atoms with Crippen LogP contribution in [0.4, 0.5) is 0 Å². The SMILES string of the molecule is CC/C=C\C/C=C\C/C=C\C/C=C\CCCCC(=O)OCC(COC(=O)CCCCCCCCCCCC/C=C\C/C=C\C/C=C\CCCCCCC)OC(=O)CCCCCCCCCCCCCCC/C=C\CCCCCCCCCC. The van der Waals surface area contributed by atoms with E-state index in [2.05, 4.69) is 118 Å². The highest BCUT2D eigenvalue weighted by molar-refractivity contribution is 5.71. The van der Waals surface area contributed by atoms with E-state index in [4.69, 9.17) is 14.2 Å². The fraction of sp³-hybridized carbons (Fsp3) is 0.753. The number of esters is 3. The van der Waals surface area contributed by atoms with Crippen molar-refractivity contribution in [2.24, 2.45) is 0 Å². The number of carbonyl (C=O) groups excluding carboxylic acids is 3. The van der Waals surface area contributed by atoms with E-state index < -0.39 is 6.10 Å². The molecule has 0 fully saturated rings. The second-order valence-electron chi connectivity index (χ2n) is 23.8. The van der Waals surface area contributed by atoms with Crippen LogP contribution in [0.25, 0.3) is 0 Å². The molecule has 1 unspecified atom stereocenters. The van der Waals surface area contributed by atoms with Crippen LogP contribution in [0.3, 0.4) is 0 Å². The van der Waals surface area contributed by atoms with E-state index in [1.807, 2.05) is 0 Å². The van der Waals surface area contributed by atoms with Crippen molar-refractivity contribution in [3.05, 3.63) is 97.2 Å². The molecule has 0 rings (SSSR count). The molecule has 83 heavy (non-hydrogen) atoms. The topological polar surface area (TPSA) is 78.9 Å². The van der Waals surface area contributed by atoms with Crippen molar-refractivity contribution in [3.63, 3.8) is 0 Å². The predicted octanol–water partition coefficient (Wildman–Crippen LogP) is 24.8. The first-order valence-corrected chi connectivity index (χ1v) is 35.7. The van der Waals surface area contributed by atoms with Gasteiger partial charge in [-0.25, -0.2) is 0 Å². The van der Waals surface area contributed by atoms with Gasteiger partial charge in [0.25, 0.3) is 0 Å². The summed E-state index contributed by atoms with van der Waals surface area (Å²) in [6, 6.07) is 0. The molecule has 6 heteroatoms. The smallest absolute Gasteiger partial charge is 0.306 e. The van der Waals surface area contributed by atoms with Gasteiger partial charge in [0.05, 0.1) is 0 Å². The first-order chi connectivity index (χ1) is 41.0. The van der Waals surface area contributed by atoms with Crippen LogP contribution in [0.1, 0.15) is 355 Å². The van der Waals surface area contributed by atoms with Gasteiger partial charge in [0.1, 0.15) is 13.2 Å². The lowest BCUT2D eigenvalue weighted by molar-refractivity contribution is -0.167. The van der Waals surface area contributed by atoms with E-state index in [0.717, 1.165) is 96.3 Å². The van der Waals surface area contributed by atoms with Gasteiger partial charge in [-0.1, -0.05) is 311 Å². The predicted molar refractivity (Wildman–Crippen MR) is 362 cm³/mol. The highest BCUT2D eigenvalue weighted by atomic mass is 16.6. The Morgan fingerprint density at radius 3 is 0.771 bits per heavy atom. The Labute approximate surface area is 515 Å². The molecule has 0 bridgehead atoms. The quantitative estimate of drug-likeness (QED) is 0.0261. The van der Waals surface area contributed by atoms with Gasteiger partial charge in [0.2, 0.25) is 0 Å². The van der Waals surface area contributed by atoms with Crippen LogP contribution in [0.5, 0.6) is 0 Å². The summed E-state index contributed by atoms with van der Waals surface area (Å²) in [5.41, 5.74) is 0. The molecule has 0 aromatic carbocycles. The zero-order valence-corrected chi connectivity index (χ0v) is 54.9. The van der Waals surface area contributed by atoms with Crippen molar-refractivity contribution in [3.8, 4) is 0 Å². The molecule has 0 amide bonds. The molecule has 0 saturated carbocycles. The molecule has 0 saturated heterocycles. The molecular formula is C77H134O6. The minimum atomic E-state index is -0.799. The summed E-state index contributed by atoms with van der Waals surface area (Å²) < 4.78 is 17.0. The number of rotatable bonds is 65. The first-order valence-electron chi connectivity index (χ1n) is 35.7. The zero-order chi connectivity index (χ0) is 59.9. The third kappa shape index (κ3) is 69.0. The second kappa shape index (κ2) is 70.8. The Balaban J connectivity index is 4.34. The molecule has 0 radical (unpaired) electrons. The Kier molecular flexibility index (Phi) is 67.7. The standard InChI is InChI=1S/C77H134O6/c1-4-7-10-13-16-19-22-25-28-30-32-34-36-38-40-42-44-46-49-52-55-58-61-64-67-70-76(79)82-73-74(72-81-75(78)69-66-63-60-57-54-51-48-27-24-21-18-15-12-9-6-3)83-77(80)71-68-65-62-59-56-53-50-47-45-43-41-39-37-35-33-31-29-26-23-20-17-14-11-8-5-2/h9,12,18,21-22,25,27,30-33,36,38,48,54,57,74H,4-8,10-11,13-17,19-20,23-24,26,28-29,34-35,37,39-47,49-53,55-56,58-73H2,1-3H3/b12-9-,21-18-,25-22-,32-30-,33-31-,38-36-,48-27-,57-54-. The second-order valence-corrected chi connectivity index (χ2v) is 23.8. The normalized spacial score (nSPS) is 12.7. The van der Waals surface area contributed by atoms with Crippen molar-refractivity contribution in [2.45, 2.75) is 361 Å². The third-order valence-corrected chi connectivity index (χ3v) is 15.5. The van der Waals surface area contributed by atoms with Crippen LogP contribution >= 0.6 is 0 Å². The molecule has 0 aromatic heterocycles. The summed E-state index contributed by atoms with van der Waals surface area (Å²) in [5, 5.41) is 0. The molecule has 0 aromatic rings. The molecule has 6 nitrogen and oxygen atoms in total. The molecule has 0 aliphatic heterocycles. The van der Waals surface area contributed by atoms with Crippen LogP contribution in [-0.2, 0) is 28.6 Å². The molecule has 0 aliphatic rings. The summed E-state index contributed by atoms with van der Waals surface area (Å²) in [6.45, 7) is 6.52. The fourth-order valence-electron chi connectivity index (χ4n) is 10.2. The van der Waals surface area contributed by atoms with Crippen LogP contribution in [-0.4, -0.2) is 37.2 Å². The Bertz CT molecular complexity index is 1610. The highest BCUT2D eigenvalue weighted by Crippen LogP contribution is 2.17. The number of hydrogen-bond acceptors (Lipinski definition) is 6. The fourth-order valence-corrected chi connectivity index (χ4v) is 10.2. The summed E-state index contributed by atoms with van der Waals surface area (Å²) in [4.78, 5) is 38.5. The molecule has 0 aliphatic carbocycles. The average molecular weight is 1160 g/mol. The van der Waals surface area contributed by atoms with E-state index in [-0.39, 0.29) is 31.1 Å². The van der Waals surface area contributed by atoms with Gasteiger partial charge in [-0.15, -0.1) is 0 Å². The summed E-state index contributed by atoms with van der Waals surface area (Å²) in [6.07, 6.45) is 95.8.